The van der Waals surface area contributed by atoms with E-state index in [1.54, 1.807) is 0 Å². The van der Waals surface area contributed by atoms with Crippen LogP contribution in [0.5, 0.6) is 11.5 Å². The number of ether oxygens (including phenoxy) is 2. The number of H-pyrrole nitrogens is 1. The Balaban J connectivity index is 1.16. The van der Waals surface area contributed by atoms with Crippen LogP contribution >= 0.6 is 0 Å². The summed E-state index contributed by atoms with van der Waals surface area (Å²) in [7, 11) is 0. The lowest BCUT2D eigenvalue weighted by molar-refractivity contribution is -0.116. The fraction of sp³-hybridized carbons (Fsp3) is 0.375. The zero-order chi connectivity index (χ0) is 19.7. The van der Waals surface area contributed by atoms with Gasteiger partial charge in [0.1, 0.15) is 0 Å². The molecule has 1 spiro atoms. The highest BCUT2D eigenvalue weighted by molar-refractivity contribution is 5.91. The lowest BCUT2D eigenvalue weighted by atomic mass is 9.94. The average molecular weight is 390 g/mol. The van der Waals surface area contributed by atoms with Crippen LogP contribution < -0.4 is 14.8 Å². The standard InChI is InChI=1S/C24H26N2O3/c27-23(10-6-7-17-16-25-20-9-3-2-8-19(17)20)26-18-11-12-21-22(15-18)29-24(28-21)13-4-1-5-14-24/h2-3,8-9,11-12,15-16,25H,1,4-7,10,13-14H2,(H,26,27). The monoisotopic (exact) mass is 390 g/mol. The van der Waals surface area contributed by atoms with Crippen molar-refractivity contribution >= 4 is 22.5 Å². The fourth-order valence-electron chi connectivity index (χ4n) is 4.47. The number of fused-ring (bicyclic) bond motifs is 2. The minimum absolute atomic E-state index is 0.0242. The molecule has 1 amide bonds. The van der Waals surface area contributed by atoms with Crippen molar-refractivity contribution in [2.75, 3.05) is 5.32 Å². The zero-order valence-electron chi connectivity index (χ0n) is 16.5. The maximum absolute atomic E-state index is 12.4. The van der Waals surface area contributed by atoms with E-state index in [4.69, 9.17) is 9.47 Å². The maximum atomic E-state index is 12.4. The smallest absolute Gasteiger partial charge is 0.251 e. The van der Waals surface area contributed by atoms with Gasteiger partial charge in [0.05, 0.1) is 0 Å². The number of aryl methyl sites for hydroxylation is 1. The van der Waals surface area contributed by atoms with E-state index in [1.807, 2.05) is 36.5 Å². The molecule has 1 fully saturated rings. The second-order valence-corrected chi connectivity index (χ2v) is 8.10. The number of hydrogen-bond donors (Lipinski definition) is 2. The van der Waals surface area contributed by atoms with Gasteiger partial charge in [-0.15, -0.1) is 0 Å². The third-order valence-corrected chi connectivity index (χ3v) is 5.96. The summed E-state index contributed by atoms with van der Waals surface area (Å²) in [5.41, 5.74) is 3.16. The Bertz CT molecular complexity index is 1030. The van der Waals surface area contributed by atoms with Gasteiger partial charge in [0.2, 0.25) is 5.91 Å². The van der Waals surface area contributed by atoms with Crippen molar-refractivity contribution in [1.82, 2.24) is 4.98 Å². The molecule has 0 atom stereocenters. The lowest BCUT2D eigenvalue weighted by Gasteiger charge is -2.31. The highest BCUT2D eigenvalue weighted by Crippen LogP contribution is 2.46. The first kappa shape index (κ1) is 18.1. The van der Waals surface area contributed by atoms with Crippen molar-refractivity contribution in [2.45, 2.75) is 57.2 Å². The highest BCUT2D eigenvalue weighted by Gasteiger charge is 2.42. The molecule has 1 saturated carbocycles. The summed E-state index contributed by atoms with van der Waals surface area (Å²) >= 11 is 0. The molecule has 0 radical (unpaired) electrons. The number of hydrogen-bond acceptors (Lipinski definition) is 3. The first-order valence-electron chi connectivity index (χ1n) is 10.6. The molecule has 0 saturated heterocycles. The van der Waals surface area contributed by atoms with Gasteiger partial charge < -0.3 is 19.8 Å². The van der Waals surface area contributed by atoms with Gasteiger partial charge in [-0.3, -0.25) is 4.79 Å². The van der Waals surface area contributed by atoms with Gasteiger partial charge in [-0.25, -0.2) is 0 Å². The molecular formula is C24H26N2O3. The summed E-state index contributed by atoms with van der Waals surface area (Å²) in [4.78, 5) is 15.7. The third-order valence-electron chi connectivity index (χ3n) is 5.96. The van der Waals surface area contributed by atoms with Gasteiger partial charge in [-0.05, 0) is 49.4 Å². The topological polar surface area (TPSA) is 63.4 Å². The number of aromatic amines is 1. The number of carbonyl (C=O) groups excluding carboxylic acids is 1. The minimum atomic E-state index is -0.484. The van der Waals surface area contributed by atoms with E-state index >= 15 is 0 Å². The molecular weight excluding hydrogens is 364 g/mol. The van der Waals surface area contributed by atoms with E-state index < -0.39 is 5.79 Å². The summed E-state index contributed by atoms with van der Waals surface area (Å²) in [5, 5.41) is 4.23. The Morgan fingerprint density at radius 1 is 1.03 bits per heavy atom. The number of anilines is 1. The van der Waals surface area contributed by atoms with Crippen LogP contribution in [-0.4, -0.2) is 16.7 Å². The van der Waals surface area contributed by atoms with E-state index in [0.717, 1.165) is 61.2 Å². The number of carbonyl (C=O) groups is 1. The first-order chi connectivity index (χ1) is 14.2. The van der Waals surface area contributed by atoms with Crippen LogP contribution in [0.1, 0.15) is 50.5 Å². The predicted molar refractivity (Wildman–Crippen MR) is 113 cm³/mol. The quantitative estimate of drug-likeness (QED) is 0.599. The highest BCUT2D eigenvalue weighted by atomic mass is 16.7. The van der Waals surface area contributed by atoms with Crippen molar-refractivity contribution in [1.29, 1.82) is 0 Å². The second-order valence-electron chi connectivity index (χ2n) is 8.10. The molecule has 1 aromatic heterocycles. The zero-order valence-corrected chi connectivity index (χ0v) is 16.5. The van der Waals surface area contributed by atoms with Crippen LogP contribution in [0.15, 0.2) is 48.7 Å². The van der Waals surface area contributed by atoms with Crippen molar-refractivity contribution in [3.63, 3.8) is 0 Å². The molecule has 2 heterocycles. The van der Waals surface area contributed by atoms with E-state index in [2.05, 4.69) is 22.4 Å². The fourth-order valence-corrected chi connectivity index (χ4v) is 4.47. The Hall–Kier alpha value is -2.95. The van der Waals surface area contributed by atoms with Gasteiger partial charge in [0, 0.05) is 48.1 Å². The number of rotatable bonds is 5. The molecule has 5 nitrogen and oxygen atoms in total. The van der Waals surface area contributed by atoms with Crippen LogP contribution in [0.3, 0.4) is 0 Å². The molecule has 0 unspecified atom stereocenters. The molecule has 150 valence electrons. The SMILES string of the molecule is O=C(CCCc1c[nH]c2ccccc12)Nc1ccc2c(c1)OC1(CCCCC1)O2. The number of para-hydroxylation sites is 1. The van der Waals surface area contributed by atoms with Gasteiger partial charge in [0.25, 0.3) is 5.79 Å². The summed E-state index contributed by atoms with van der Waals surface area (Å²) in [5.74, 6) is 1.06. The van der Waals surface area contributed by atoms with Crippen molar-refractivity contribution < 1.29 is 14.3 Å². The molecule has 3 aromatic rings. The van der Waals surface area contributed by atoms with Crippen LogP contribution in [0, 0.1) is 0 Å². The maximum Gasteiger partial charge on any atom is 0.251 e. The number of benzene rings is 2. The molecule has 5 heteroatoms. The second kappa shape index (κ2) is 7.47. The third kappa shape index (κ3) is 3.69. The number of aromatic nitrogens is 1. The van der Waals surface area contributed by atoms with Gasteiger partial charge in [-0.1, -0.05) is 24.6 Å². The molecule has 2 N–H and O–H groups in total. The lowest BCUT2D eigenvalue weighted by Crippen LogP contribution is -2.40. The van der Waals surface area contributed by atoms with Crippen molar-refractivity contribution in [3.05, 3.63) is 54.2 Å². The first-order valence-corrected chi connectivity index (χ1v) is 10.6. The summed E-state index contributed by atoms with van der Waals surface area (Å²) < 4.78 is 12.3. The normalized spacial score (nSPS) is 17.0. The van der Waals surface area contributed by atoms with Crippen LogP contribution in [0.25, 0.3) is 10.9 Å². The Labute approximate surface area is 170 Å². The molecule has 5 rings (SSSR count). The summed E-state index contributed by atoms with van der Waals surface area (Å²) in [6.07, 6.45) is 9.57. The molecule has 2 aliphatic rings. The van der Waals surface area contributed by atoms with Crippen molar-refractivity contribution in [3.8, 4) is 11.5 Å². The molecule has 0 bridgehead atoms. The molecule has 2 aromatic carbocycles. The average Bonchev–Trinajstić information content (AvgIpc) is 3.29. The van der Waals surface area contributed by atoms with Crippen LogP contribution in [0.2, 0.25) is 0 Å². The van der Waals surface area contributed by atoms with Gasteiger partial charge in [0.15, 0.2) is 11.5 Å². The number of nitrogens with one attached hydrogen (secondary N) is 2. The Kier molecular flexibility index (Phi) is 4.66. The van der Waals surface area contributed by atoms with E-state index in [1.165, 1.54) is 17.4 Å². The van der Waals surface area contributed by atoms with E-state index in [9.17, 15) is 4.79 Å². The van der Waals surface area contributed by atoms with Gasteiger partial charge in [-0.2, -0.15) is 0 Å². The Morgan fingerprint density at radius 2 is 1.86 bits per heavy atom. The molecule has 1 aliphatic carbocycles. The Morgan fingerprint density at radius 3 is 2.76 bits per heavy atom. The van der Waals surface area contributed by atoms with Crippen molar-refractivity contribution in [2.24, 2.45) is 0 Å². The summed E-state index contributed by atoms with van der Waals surface area (Å²) in [6.45, 7) is 0. The van der Waals surface area contributed by atoms with Crippen LogP contribution in [0.4, 0.5) is 5.69 Å². The predicted octanol–water partition coefficient (Wildman–Crippen LogP) is 5.56. The van der Waals surface area contributed by atoms with Gasteiger partial charge >= 0.3 is 0 Å². The van der Waals surface area contributed by atoms with E-state index in [0.29, 0.717) is 6.42 Å². The van der Waals surface area contributed by atoms with Crippen LogP contribution in [-0.2, 0) is 11.2 Å². The summed E-state index contributed by atoms with van der Waals surface area (Å²) in [6, 6.07) is 13.9. The molecule has 1 aliphatic heterocycles. The molecule has 29 heavy (non-hydrogen) atoms. The van der Waals surface area contributed by atoms with E-state index in [-0.39, 0.29) is 5.91 Å². The number of amides is 1. The minimum Gasteiger partial charge on any atom is -0.448 e. The largest absolute Gasteiger partial charge is 0.448 e.